The molecule has 0 saturated heterocycles. The van der Waals surface area contributed by atoms with Crippen LogP contribution < -0.4 is 0 Å². The van der Waals surface area contributed by atoms with Gasteiger partial charge in [0.1, 0.15) is 13.2 Å². The van der Waals surface area contributed by atoms with Crippen molar-refractivity contribution in [2.24, 2.45) is 0 Å². The molecule has 0 spiro atoms. The zero-order valence-electron chi connectivity index (χ0n) is 35.4. The number of esters is 3. The van der Waals surface area contributed by atoms with Gasteiger partial charge in [-0.15, -0.1) is 0 Å². The van der Waals surface area contributed by atoms with E-state index in [0.29, 0.717) is 19.3 Å². The van der Waals surface area contributed by atoms with E-state index >= 15 is 0 Å². The molecule has 0 aromatic heterocycles. The molecule has 0 N–H and O–H groups in total. The zero-order chi connectivity index (χ0) is 40.1. The van der Waals surface area contributed by atoms with Crippen molar-refractivity contribution in [3.05, 3.63) is 85.1 Å². The molecule has 0 amide bonds. The van der Waals surface area contributed by atoms with Gasteiger partial charge in [-0.1, -0.05) is 176 Å². The number of hydrogen-bond acceptors (Lipinski definition) is 6. The van der Waals surface area contributed by atoms with Gasteiger partial charge in [0, 0.05) is 19.3 Å². The van der Waals surface area contributed by atoms with E-state index in [4.69, 9.17) is 14.2 Å². The monoisotopic (exact) mass is 765 g/mol. The lowest BCUT2D eigenvalue weighted by Crippen LogP contribution is -2.30. The molecular formula is C49H80O6. The Labute approximate surface area is 337 Å². The summed E-state index contributed by atoms with van der Waals surface area (Å²) >= 11 is 0. The Morgan fingerprint density at radius 1 is 0.382 bits per heavy atom. The molecule has 0 fully saturated rings. The van der Waals surface area contributed by atoms with Crippen molar-refractivity contribution in [2.75, 3.05) is 13.2 Å². The molecule has 0 bridgehead atoms. The molecule has 0 aliphatic rings. The van der Waals surface area contributed by atoms with E-state index in [1.807, 2.05) is 12.2 Å². The van der Waals surface area contributed by atoms with Crippen LogP contribution in [0.5, 0.6) is 0 Å². The summed E-state index contributed by atoms with van der Waals surface area (Å²) in [5.41, 5.74) is 0. The Hall–Kier alpha value is -3.41. The Bertz CT molecular complexity index is 1110. The molecular weight excluding hydrogens is 685 g/mol. The minimum Gasteiger partial charge on any atom is -0.462 e. The minimum atomic E-state index is -0.806. The number of carbonyl (C=O) groups excluding carboxylic acids is 3. The summed E-state index contributed by atoms with van der Waals surface area (Å²) in [4.78, 5) is 37.5. The van der Waals surface area contributed by atoms with E-state index in [0.717, 1.165) is 89.9 Å². The van der Waals surface area contributed by atoms with Crippen LogP contribution in [0.25, 0.3) is 0 Å². The van der Waals surface area contributed by atoms with Crippen LogP contribution in [-0.2, 0) is 28.6 Å². The SMILES string of the molecule is CC/C=C\C/C=C\C/C=C\C/C=C\C/C=C\C/C=C\CCC(=O)OCC(COC(=O)CCCCCCCCC)OC(=O)CCCCCCC/C=C\CCCC. The molecule has 0 rings (SSSR count). The smallest absolute Gasteiger partial charge is 0.306 e. The van der Waals surface area contributed by atoms with E-state index < -0.39 is 6.10 Å². The van der Waals surface area contributed by atoms with Gasteiger partial charge in [-0.3, -0.25) is 14.4 Å². The second-order valence-electron chi connectivity index (χ2n) is 14.2. The molecule has 0 heterocycles. The van der Waals surface area contributed by atoms with Crippen molar-refractivity contribution < 1.29 is 28.6 Å². The van der Waals surface area contributed by atoms with Crippen molar-refractivity contribution in [3.8, 4) is 0 Å². The lowest BCUT2D eigenvalue weighted by atomic mass is 10.1. The standard InChI is InChI=1S/C49H80O6/c1-4-7-10-13-16-18-20-21-22-23-24-25-26-27-29-30-33-36-39-42-48(51)54-45-46(44-53-47(50)41-38-35-32-15-12-9-6-3)55-49(52)43-40-37-34-31-28-19-17-14-11-8-5-2/h7,10,14,16-18,21-22,24-25,27,29,33,36,46H,4-6,8-9,11-13,15,19-20,23,26,28,30-32,34-35,37-45H2,1-3H3/b10-7-,17-14-,18-16-,22-21-,25-24-,29-27-,36-33-. The molecule has 0 aliphatic heterocycles. The highest BCUT2D eigenvalue weighted by Crippen LogP contribution is 2.12. The fourth-order valence-corrected chi connectivity index (χ4v) is 5.56. The van der Waals surface area contributed by atoms with Crippen LogP contribution in [0, 0.1) is 0 Å². The third-order valence-electron chi connectivity index (χ3n) is 8.90. The largest absolute Gasteiger partial charge is 0.462 e. The normalized spacial score (nSPS) is 12.9. The van der Waals surface area contributed by atoms with Crippen LogP contribution in [0.15, 0.2) is 85.1 Å². The van der Waals surface area contributed by atoms with Crippen LogP contribution in [0.2, 0.25) is 0 Å². The molecule has 6 heteroatoms. The predicted octanol–water partition coefficient (Wildman–Crippen LogP) is 14.1. The highest BCUT2D eigenvalue weighted by molar-refractivity contribution is 5.71. The van der Waals surface area contributed by atoms with Crippen LogP contribution in [0.3, 0.4) is 0 Å². The average molecular weight is 765 g/mol. The topological polar surface area (TPSA) is 78.9 Å². The van der Waals surface area contributed by atoms with Gasteiger partial charge in [0.15, 0.2) is 6.10 Å². The number of rotatable bonds is 38. The predicted molar refractivity (Wildman–Crippen MR) is 233 cm³/mol. The first-order chi connectivity index (χ1) is 27.0. The quantitative estimate of drug-likeness (QED) is 0.0270. The summed E-state index contributed by atoms with van der Waals surface area (Å²) < 4.78 is 16.5. The first-order valence-corrected chi connectivity index (χ1v) is 22.1. The third kappa shape index (κ3) is 41.6. The van der Waals surface area contributed by atoms with E-state index in [1.54, 1.807) is 0 Å². The molecule has 0 saturated carbocycles. The van der Waals surface area contributed by atoms with Gasteiger partial charge < -0.3 is 14.2 Å². The maximum Gasteiger partial charge on any atom is 0.306 e. The van der Waals surface area contributed by atoms with Gasteiger partial charge in [0.25, 0.3) is 0 Å². The van der Waals surface area contributed by atoms with E-state index in [9.17, 15) is 14.4 Å². The third-order valence-corrected chi connectivity index (χ3v) is 8.90. The van der Waals surface area contributed by atoms with E-state index in [2.05, 4.69) is 93.7 Å². The number of unbranched alkanes of at least 4 members (excludes halogenated alkanes) is 13. The first-order valence-electron chi connectivity index (χ1n) is 22.1. The Kier molecular flexibility index (Phi) is 40.6. The van der Waals surface area contributed by atoms with Crippen molar-refractivity contribution in [1.29, 1.82) is 0 Å². The Balaban J connectivity index is 4.44. The fraction of sp³-hybridized carbons (Fsp3) is 0.653. The highest BCUT2D eigenvalue weighted by atomic mass is 16.6. The molecule has 312 valence electrons. The summed E-state index contributed by atoms with van der Waals surface area (Å²) in [6.45, 7) is 6.34. The molecule has 0 radical (unpaired) electrons. The number of carbonyl (C=O) groups is 3. The number of allylic oxidation sites excluding steroid dienone is 14. The van der Waals surface area contributed by atoms with Gasteiger partial charge >= 0.3 is 17.9 Å². The summed E-state index contributed by atoms with van der Waals surface area (Å²) in [5.74, 6) is -1.02. The number of ether oxygens (including phenoxy) is 3. The second kappa shape index (κ2) is 43.3. The molecule has 1 atom stereocenters. The minimum absolute atomic E-state index is 0.104. The van der Waals surface area contributed by atoms with Crippen molar-refractivity contribution in [2.45, 2.75) is 194 Å². The fourth-order valence-electron chi connectivity index (χ4n) is 5.56. The van der Waals surface area contributed by atoms with Gasteiger partial charge in [-0.25, -0.2) is 0 Å². The molecule has 0 aliphatic carbocycles. The van der Waals surface area contributed by atoms with Crippen molar-refractivity contribution >= 4 is 17.9 Å². The van der Waals surface area contributed by atoms with Gasteiger partial charge in [0.05, 0.1) is 0 Å². The molecule has 6 nitrogen and oxygen atoms in total. The van der Waals surface area contributed by atoms with E-state index in [1.165, 1.54) is 51.4 Å². The van der Waals surface area contributed by atoms with Crippen molar-refractivity contribution in [3.63, 3.8) is 0 Å². The summed E-state index contributed by atoms with van der Waals surface area (Å²) in [5, 5.41) is 0. The Morgan fingerprint density at radius 3 is 1.27 bits per heavy atom. The first kappa shape index (κ1) is 51.6. The maximum atomic E-state index is 12.6. The average Bonchev–Trinajstić information content (AvgIpc) is 3.18. The maximum absolute atomic E-state index is 12.6. The van der Waals surface area contributed by atoms with Crippen molar-refractivity contribution in [1.82, 2.24) is 0 Å². The van der Waals surface area contributed by atoms with Crippen LogP contribution in [-0.4, -0.2) is 37.2 Å². The molecule has 0 aromatic carbocycles. The van der Waals surface area contributed by atoms with Crippen LogP contribution in [0.1, 0.15) is 188 Å². The van der Waals surface area contributed by atoms with Crippen LogP contribution in [0.4, 0.5) is 0 Å². The summed E-state index contributed by atoms with van der Waals surface area (Å²) in [6.07, 6.45) is 54.5. The zero-order valence-corrected chi connectivity index (χ0v) is 35.4. The van der Waals surface area contributed by atoms with Gasteiger partial charge in [0.2, 0.25) is 0 Å². The summed E-state index contributed by atoms with van der Waals surface area (Å²) in [7, 11) is 0. The highest BCUT2D eigenvalue weighted by Gasteiger charge is 2.19. The molecule has 1 unspecified atom stereocenters. The second-order valence-corrected chi connectivity index (χ2v) is 14.2. The lowest BCUT2D eigenvalue weighted by Gasteiger charge is -2.18. The lowest BCUT2D eigenvalue weighted by molar-refractivity contribution is -0.166. The van der Waals surface area contributed by atoms with Crippen LogP contribution >= 0.6 is 0 Å². The summed E-state index contributed by atoms with van der Waals surface area (Å²) in [6, 6.07) is 0. The molecule has 0 aromatic rings. The van der Waals surface area contributed by atoms with E-state index in [-0.39, 0.29) is 37.5 Å². The number of hydrogen-bond donors (Lipinski definition) is 0. The molecule has 55 heavy (non-hydrogen) atoms. The Morgan fingerprint density at radius 2 is 0.764 bits per heavy atom. The van der Waals surface area contributed by atoms with Gasteiger partial charge in [-0.05, 0) is 77.0 Å². The van der Waals surface area contributed by atoms with Gasteiger partial charge in [-0.2, -0.15) is 0 Å².